The molecule has 146 valence electrons. The molecule has 0 spiro atoms. The van der Waals surface area contributed by atoms with Gasteiger partial charge in [0.15, 0.2) is 0 Å². The Bertz CT molecular complexity index is 791. The number of benzene rings is 2. The van der Waals surface area contributed by atoms with Gasteiger partial charge in [-0.3, -0.25) is 9.59 Å². The van der Waals surface area contributed by atoms with Gasteiger partial charge in [0, 0.05) is 18.8 Å². The Morgan fingerprint density at radius 1 is 1.11 bits per heavy atom. The monoisotopic (exact) mass is 409 g/mol. The molecule has 0 fully saturated rings. The third-order valence-corrected chi connectivity index (χ3v) is 4.67. The lowest BCUT2D eigenvalue weighted by Crippen LogP contribution is -2.45. The number of nitrogens with zero attached hydrogens (tertiary/aromatic N) is 1. The van der Waals surface area contributed by atoms with E-state index in [0.717, 1.165) is 0 Å². The molecule has 1 unspecified atom stereocenters. The zero-order valence-corrected chi connectivity index (χ0v) is 17.2. The highest BCUT2D eigenvalue weighted by molar-refractivity contribution is 6.34. The largest absolute Gasteiger partial charge is 0.339 e. The molecule has 0 aliphatic rings. The maximum absolute atomic E-state index is 12.6. The SMILES string of the molecule is CCN(CC)C(=O)c1ccc(NC(=O)C(C)(N)c2ccccc2)cc1Cl.Cl. The molecule has 7 heteroatoms. The lowest BCUT2D eigenvalue weighted by atomic mass is 9.92. The standard InChI is InChI=1S/C20H24ClN3O2.ClH/c1-4-24(5-2)18(25)16-12-11-15(13-17(16)21)23-19(26)20(3,22)14-9-7-6-8-10-14;/h6-13H,4-5,22H2,1-3H3,(H,23,26);1H. The first-order valence-electron chi connectivity index (χ1n) is 8.55. The number of anilines is 1. The van der Waals surface area contributed by atoms with E-state index in [-0.39, 0.29) is 29.2 Å². The summed E-state index contributed by atoms with van der Waals surface area (Å²) >= 11 is 6.27. The Morgan fingerprint density at radius 2 is 1.70 bits per heavy atom. The van der Waals surface area contributed by atoms with Crippen LogP contribution in [-0.4, -0.2) is 29.8 Å². The normalized spacial score (nSPS) is 12.5. The van der Waals surface area contributed by atoms with E-state index in [2.05, 4.69) is 5.32 Å². The Morgan fingerprint density at radius 3 is 2.22 bits per heavy atom. The van der Waals surface area contributed by atoms with Crippen LogP contribution in [0.5, 0.6) is 0 Å². The van der Waals surface area contributed by atoms with E-state index in [1.54, 1.807) is 42.2 Å². The maximum atomic E-state index is 12.6. The molecule has 2 aromatic carbocycles. The van der Waals surface area contributed by atoms with Crippen molar-refractivity contribution in [3.63, 3.8) is 0 Å². The smallest absolute Gasteiger partial charge is 0.255 e. The lowest BCUT2D eigenvalue weighted by Gasteiger charge is -2.24. The Balaban J connectivity index is 0.00000364. The molecule has 27 heavy (non-hydrogen) atoms. The highest BCUT2D eigenvalue weighted by atomic mass is 35.5. The molecule has 0 aromatic heterocycles. The van der Waals surface area contributed by atoms with E-state index in [1.165, 1.54) is 0 Å². The summed E-state index contributed by atoms with van der Waals surface area (Å²) in [6.45, 7) is 6.68. The highest BCUT2D eigenvalue weighted by Gasteiger charge is 2.30. The summed E-state index contributed by atoms with van der Waals surface area (Å²) in [6, 6.07) is 14.0. The maximum Gasteiger partial charge on any atom is 0.255 e. The first kappa shape index (κ1) is 23.0. The van der Waals surface area contributed by atoms with E-state index >= 15 is 0 Å². The molecule has 3 N–H and O–H groups in total. The van der Waals surface area contributed by atoms with Crippen LogP contribution in [0.15, 0.2) is 48.5 Å². The van der Waals surface area contributed by atoms with Gasteiger partial charge in [-0.05, 0) is 44.5 Å². The summed E-state index contributed by atoms with van der Waals surface area (Å²) in [5.74, 6) is -0.492. The van der Waals surface area contributed by atoms with Crippen LogP contribution in [0.25, 0.3) is 0 Å². The van der Waals surface area contributed by atoms with E-state index in [1.807, 2.05) is 32.0 Å². The van der Waals surface area contributed by atoms with Gasteiger partial charge in [-0.25, -0.2) is 0 Å². The molecule has 1 atom stereocenters. The van der Waals surface area contributed by atoms with Gasteiger partial charge in [-0.2, -0.15) is 0 Å². The van der Waals surface area contributed by atoms with Crippen LogP contribution in [0.2, 0.25) is 5.02 Å². The third-order valence-electron chi connectivity index (χ3n) is 4.35. The van der Waals surface area contributed by atoms with E-state index in [9.17, 15) is 9.59 Å². The number of carbonyl (C=O) groups excluding carboxylic acids is 2. The van der Waals surface area contributed by atoms with Gasteiger partial charge in [0.1, 0.15) is 5.54 Å². The van der Waals surface area contributed by atoms with Gasteiger partial charge in [-0.15, -0.1) is 12.4 Å². The average Bonchev–Trinajstić information content (AvgIpc) is 2.63. The van der Waals surface area contributed by atoms with Crippen LogP contribution < -0.4 is 11.1 Å². The molecular weight excluding hydrogens is 385 g/mol. The number of nitrogens with two attached hydrogens (primary N) is 1. The Hall–Kier alpha value is -2.08. The van der Waals surface area contributed by atoms with E-state index in [4.69, 9.17) is 17.3 Å². The van der Waals surface area contributed by atoms with Crippen LogP contribution in [-0.2, 0) is 10.3 Å². The van der Waals surface area contributed by atoms with Gasteiger partial charge in [0.25, 0.3) is 5.91 Å². The van der Waals surface area contributed by atoms with Gasteiger partial charge in [-0.1, -0.05) is 41.9 Å². The second-order valence-electron chi connectivity index (χ2n) is 6.19. The minimum Gasteiger partial charge on any atom is -0.339 e. The second-order valence-corrected chi connectivity index (χ2v) is 6.60. The molecule has 2 rings (SSSR count). The minimum atomic E-state index is -1.19. The summed E-state index contributed by atoms with van der Waals surface area (Å²) in [5.41, 5.74) is 6.63. The molecule has 2 aromatic rings. The average molecular weight is 410 g/mol. The molecular formula is C20H25Cl2N3O2. The van der Waals surface area contributed by atoms with Crippen molar-refractivity contribution in [3.8, 4) is 0 Å². The summed E-state index contributed by atoms with van der Waals surface area (Å²) < 4.78 is 0. The zero-order valence-electron chi connectivity index (χ0n) is 15.7. The summed E-state index contributed by atoms with van der Waals surface area (Å²) in [4.78, 5) is 26.7. The van der Waals surface area contributed by atoms with Crippen molar-refractivity contribution >= 4 is 41.5 Å². The first-order valence-corrected chi connectivity index (χ1v) is 8.93. The fraction of sp³-hybridized carbons (Fsp3) is 0.300. The minimum absolute atomic E-state index is 0. The molecule has 0 aliphatic heterocycles. The molecule has 2 amide bonds. The van der Waals surface area contributed by atoms with Gasteiger partial charge < -0.3 is 16.0 Å². The summed E-state index contributed by atoms with van der Waals surface area (Å²) in [5, 5.41) is 3.06. The number of amides is 2. The van der Waals surface area contributed by atoms with Crippen molar-refractivity contribution in [2.75, 3.05) is 18.4 Å². The Labute approximate surface area is 171 Å². The lowest BCUT2D eigenvalue weighted by molar-refractivity contribution is -0.120. The van der Waals surface area contributed by atoms with Crippen LogP contribution >= 0.6 is 24.0 Å². The third kappa shape index (κ3) is 5.22. The van der Waals surface area contributed by atoms with Crippen molar-refractivity contribution in [3.05, 3.63) is 64.7 Å². The molecule has 0 saturated carbocycles. The van der Waals surface area contributed by atoms with Crippen molar-refractivity contribution in [2.24, 2.45) is 5.73 Å². The summed E-state index contributed by atoms with van der Waals surface area (Å²) in [7, 11) is 0. The molecule has 0 aliphatic carbocycles. The van der Waals surface area contributed by atoms with Crippen molar-refractivity contribution in [1.82, 2.24) is 4.90 Å². The number of rotatable bonds is 6. The molecule has 0 radical (unpaired) electrons. The topological polar surface area (TPSA) is 75.4 Å². The van der Waals surface area contributed by atoms with Gasteiger partial charge >= 0.3 is 0 Å². The van der Waals surface area contributed by atoms with Gasteiger partial charge in [0.05, 0.1) is 10.6 Å². The Kier molecular flexibility index (Phi) is 8.28. The van der Waals surface area contributed by atoms with E-state index in [0.29, 0.717) is 29.9 Å². The molecule has 0 heterocycles. The van der Waals surface area contributed by atoms with Crippen molar-refractivity contribution in [1.29, 1.82) is 0 Å². The van der Waals surface area contributed by atoms with Crippen molar-refractivity contribution < 1.29 is 9.59 Å². The predicted molar refractivity (Wildman–Crippen MR) is 113 cm³/mol. The second kappa shape index (κ2) is 9.74. The number of carbonyl (C=O) groups is 2. The van der Waals surface area contributed by atoms with Crippen LogP contribution in [0.1, 0.15) is 36.7 Å². The first-order chi connectivity index (χ1) is 12.3. The summed E-state index contributed by atoms with van der Waals surface area (Å²) in [6.07, 6.45) is 0. The van der Waals surface area contributed by atoms with Crippen LogP contribution in [0, 0.1) is 0 Å². The van der Waals surface area contributed by atoms with Crippen LogP contribution in [0.4, 0.5) is 5.69 Å². The number of hydrogen-bond acceptors (Lipinski definition) is 3. The fourth-order valence-corrected chi connectivity index (χ4v) is 2.89. The predicted octanol–water partition coefficient (Wildman–Crippen LogP) is 4.06. The zero-order chi connectivity index (χ0) is 19.3. The highest BCUT2D eigenvalue weighted by Crippen LogP contribution is 2.25. The number of halogens is 2. The quantitative estimate of drug-likeness (QED) is 0.754. The fourth-order valence-electron chi connectivity index (χ4n) is 2.62. The van der Waals surface area contributed by atoms with Crippen molar-refractivity contribution in [2.45, 2.75) is 26.3 Å². The number of hydrogen-bond donors (Lipinski definition) is 2. The molecule has 0 saturated heterocycles. The number of nitrogens with one attached hydrogen (secondary N) is 1. The molecule has 5 nitrogen and oxygen atoms in total. The van der Waals surface area contributed by atoms with E-state index < -0.39 is 5.54 Å². The van der Waals surface area contributed by atoms with Crippen LogP contribution in [0.3, 0.4) is 0 Å². The van der Waals surface area contributed by atoms with Gasteiger partial charge in [0.2, 0.25) is 5.91 Å². The molecule has 0 bridgehead atoms.